The zero-order chi connectivity index (χ0) is 21.8. The van der Waals surface area contributed by atoms with E-state index in [1.165, 1.54) is 12.1 Å². The number of hydrogen-bond donors (Lipinski definition) is 1. The van der Waals surface area contributed by atoms with Crippen LogP contribution >= 0.6 is 0 Å². The molecule has 3 rings (SSSR count). The van der Waals surface area contributed by atoms with Crippen molar-refractivity contribution in [1.29, 1.82) is 0 Å². The number of nitrogens with zero attached hydrogens (tertiary/aromatic N) is 1. The Balaban J connectivity index is 1.67. The van der Waals surface area contributed by atoms with Crippen molar-refractivity contribution in [3.05, 3.63) is 81.0 Å². The maximum atomic E-state index is 13.6. The van der Waals surface area contributed by atoms with Gasteiger partial charge in [0.25, 0.3) is 0 Å². The fraction of sp³-hybridized carbons (Fsp3) is 0.333. The van der Waals surface area contributed by atoms with Crippen LogP contribution in [-0.2, 0) is 11.2 Å². The summed E-state index contributed by atoms with van der Waals surface area (Å²) in [7, 11) is 3.76. The van der Waals surface area contributed by atoms with E-state index in [0.717, 1.165) is 22.1 Å². The highest BCUT2D eigenvalue weighted by Gasteiger charge is 2.17. The first-order valence-electron chi connectivity index (χ1n) is 9.98. The maximum Gasteiger partial charge on any atom is 0.339 e. The molecule has 0 aliphatic rings. The summed E-state index contributed by atoms with van der Waals surface area (Å²) in [6, 6.07) is 12.0. The Labute approximate surface area is 175 Å². The number of hydrogen-bond acceptors (Lipinski definition) is 4. The molecule has 3 aromatic rings. The van der Waals surface area contributed by atoms with Crippen molar-refractivity contribution in [2.24, 2.45) is 0 Å². The number of carbonyl (C=O) groups is 1. The number of likely N-dealkylation sites (N-methyl/N-ethyl adjacent to an activating group) is 1. The van der Waals surface area contributed by atoms with Gasteiger partial charge in [0, 0.05) is 23.9 Å². The van der Waals surface area contributed by atoms with Gasteiger partial charge < -0.3 is 14.6 Å². The first-order valence-corrected chi connectivity index (χ1v) is 9.98. The molecule has 0 aliphatic carbocycles. The van der Waals surface area contributed by atoms with Crippen molar-refractivity contribution in [3.63, 3.8) is 0 Å². The fourth-order valence-corrected chi connectivity index (χ4v) is 3.64. The van der Waals surface area contributed by atoms with E-state index in [2.05, 4.69) is 5.32 Å². The predicted octanol–water partition coefficient (Wildman–Crippen LogP) is 3.90. The van der Waals surface area contributed by atoms with Gasteiger partial charge in [0.2, 0.25) is 5.91 Å². The Kier molecular flexibility index (Phi) is 6.67. The number of carbonyl (C=O) groups excluding carboxylic acids is 1. The topological polar surface area (TPSA) is 62.6 Å². The second-order valence-corrected chi connectivity index (χ2v) is 7.83. The molecule has 0 spiro atoms. The molecular weight excluding hydrogens is 383 g/mol. The number of halogens is 1. The molecule has 0 unspecified atom stereocenters. The number of aryl methyl sites for hydroxylation is 2. The Morgan fingerprint density at radius 1 is 1.17 bits per heavy atom. The van der Waals surface area contributed by atoms with E-state index in [1.54, 1.807) is 6.07 Å². The van der Waals surface area contributed by atoms with Gasteiger partial charge in [-0.15, -0.1) is 0 Å². The predicted molar refractivity (Wildman–Crippen MR) is 116 cm³/mol. The van der Waals surface area contributed by atoms with E-state index < -0.39 is 5.63 Å². The highest BCUT2D eigenvalue weighted by molar-refractivity contribution is 5.82. The van der Waals surface area contributed by atoms with Gasteiger partial charge in [-0.2, -0.15) is 0 Å². The van der Waals surface area contributed by atoms with Gasteiger partial charge in [0.15, 0.2) is 0 Å². The minimum atomic E-state index is -0.399. The number of amides is 1. The molecule has 1 atom stereocenters. The van der Waals surface area contributed by atoms with Crippen LogP contribution < -0.4 is 10.9 Å². The second-order valence-electron chi connectivity index (χ2n) is 7.83. The molecule has 5 nitrogen and oxygen atoms in total. The molecule has 1 amide bonds. The van der Waals surface area contributed by atoms with Crippen LogP contribution in [0.3, 0.4) is 0 Å². The Hall–Kier alpha value is -2.99. The number of nitrogens with one attached hydrogen (secondary N) is 1. The van der Waals surface area contributed by atoms with Crippen molar-refractivity contribution < 1.29 is 13.6 Å². The van der Waals surface area contributed by atoms with E-state index in [4.69, 9.17) is 4.42 Å². The largest absolute Gasteiger partial charge is 0.423 e. The van der Waals surface area contributed by atoms with Crippen LogP contribution in [0.5, 0.6) is 0 Å². The van der Waals surface area contributed by atoms with Gasteiger partial charge in [0.05, 0.1) is 6.04 Å². The summed E-state index contributed by atoms with van der Waals surface area (Å²) in [6.07, 6.45) is 0.475. The average Bonchev–Trinajstić information content (AvgIpc) is 2.67. The molecule has 0 radical (unpaired) electrons. The van der Waals surface area contributed by atoms with E-state index in [1.807, 2.05) is 57.1 Å². The highest BCUT2D eigenvalue weighted by atomic mass is 19.1. The Morgan fingerprint density at radius 3 is 2.63 bits per heavy atom. The van der Waals surface area contributed by atoms with Crippen molar-refractivity contribution in [2.45, 2.75) is 32.7 Å². The third-order valence-electron chi connectivity index (χ3n) is 5.39. The smallest absolute Gasteiger partial charge is 0.339 e. The van der Waals surface area contributed by atoms with Gasteiger partial charge >= 0.3 is 5.63 Å². The van der Waals surface area contributed by atoms with Gasteiger partial charge in [0.1, 0.15) is 11.4 Å². The maximum absolute atomic E-state index is 13.6. The van der Waals surface area contributed by atoms with Crippen molar-refractivity contribution in [3.8, 4) is 0 Å². The van der Waals surface area contributed by atoms with E-state index >= 15 is 0 Å². The van der Waals surface area contributed by atoms with Crippen LogP contribution in [0.1, 0.15) is 34.7 Å². The van der Waals surface area contributed by atoms with Crippen molar-refractivity contribution >= 4 is 16.9 Å². The molecule has 0 fully saturated rings. The van der Waals surface area contributed by atoms with Crippen molar-refractivity contribution in [2.75, 3.05) is 20.6 Å². The Morgan fingerprint density at radius 2 is 1.93 bits per heavy atom. The van der Waals surface area contributed by atoms with Crippen LogP contribution in [0.15, 0.2) is 51.7 Å². The number of benzene rings is 2. The quantitative estimate of drug-likeness (QED) is 0.600. The molecule has 0 aliphatic heterocycles. The zero-order valence-corrected chi connectivity index (χ0v) is 17.8. The Bertz CT molecular complexity index is 1120. The normalized spacial score (nSPS) is 12.3. The van der Waals surface area contributed by atoms with Crippen LogP contribution in [0.25, 0.3) is 11.0 Å². The first-order chi connectivity index (χ1) is 14.3. The minimum Gasteiger partial charge on any atom is -0.423 e. The molecular formula is C24H27FN2O3. The third kappa shape index (κ3) is 4.94. The average molecular weight is 410 g/mol. The van der Waals surface area contributed by atoms with Crippen LogP contribution in [-0.4, -0.2) is 31.4 Å². The highest BCUT2D eigenvalue weighted by Crippen LogP contribution is 2.21. The summed E-state index contributed by atoms with van der Waals surface area (Å²) < 4.78 is 19.0. The standard InChI is InChI=1S/C24H27FN2O3/c1-15-8-9-19-16(2)20(24(29)30-22(19)12-15)10-11-23(28)26-14-21(27(3)4)17-6-5-7-18(25)13-17/h5-9,12-13,21H,10-11,14H2,1-4H3,(H,26,28)/t21-/m1/s1. The molecule has 0 saturated carbocycles. The fourth-order valence-electron chi connectivity index (χ4n) is 3.64. The lowest BCUT2D eigenvalue weighted by Gasteiger charge is -2.25. The molecule has 6 heteroatoms. The lowest BCUT2D eigenvalue weighted by Crippen LogP contribution is -2.34. The lowest BCUT2D eigenvalue weighted by molar-refractivity contribution is -0.121. The van der Waals surface area contributed by atoms with Crippen LogP contribution in [0, 0.1) is 19.7 Å². The molecule has 158 valence electrons. The molecule has 1 aromatic heterocycles. The van der Waals surface area contributed by atoms with Gasteiger partial charge in [-0.05, 0) is 69.3 Å². The number of rotatable bonds is 7. The summed E-state index contributed by atoms with van der Waals surface area (Å²) in [6.45, 7) is 4.17. The molecule has 30 heavy (non-hydrogen) atoms. The third-order valence-corrected chi connectivity index (χ3v) is 5.39. The van der Waals surface area contributed by atoms with Gasteiger partial charge in [-0.25, -0.2) is 9.18 Å². The summed E-state index contributed by atoms with van der Waals surface area (Å²) in [5, 5.41) is 3.78. The van der Waals surface area contributed by atoms with E-state index in [0.29, 0.717) is 24.1 Å². The summed E-state index contributed by atoms with van der Waals surface area (Å²) in [5.41, 5.74) is 3.35. The van der Waals surface area contributed by atoms with E-state index in [9.17, 15) is 14.0 Å². The van der Waals surface area contributed by atoms with Gasteiger partial charge in [-0.3, -0.25) is 4.79 Å². The SMILES string of the molecule is Cc1ccc2c(C)c(CCC(=O)NC[C@H](c3cccc(F)c3)N(C)C)c(=O)oc2c1. The monoisotopic (exact) mass is 410 g/mol. The molecule has 0 saturated heterocycles. The second kappa shape index (κ2) is 9.22. The molecule has 2 aromatic carbocycles. The van der Waals surface area contributed by atoms with E-state index in [-0.39, 0.29) is 24.2 Å². The summed E-state index contributed by atoms with van der Waals surface area (Å²) in [5.74, 6) is -0.472. The zero-order valence-electron chi connectivity index (χ0n) is 17.8. The summed E-state index contributed by atoms with van der Waals surface area (Å²) in [4.78, 5) is 26.8. The first kappa shape index (κ1) is 21.7. The van der Waals surface area contributed by atoms with Crippen LogP contribution in [0.4, 0.5) is 4.39 Å². The van der Waals surface area contributed by atoms with Gasteiger partial charge in [-0.1, -0.05) is 24.3 Å². The lowest BCUT2D eigenvalue weighted by atomic mass is 10.0. The summed E-state index contributed by atoms with van der Waals surface area (Å²) >= 11 is 0. The van der Waals surface area contributed by atoms with Crippen molar-refractivity contribution in [1.82, 2.24) is 10.2 Å². The molecule has 1 N–H and O–H groups in total. The molecule has 1 heterocycles. The van der Waals surface area contributed by atoms with Crippen LogP contribution in [0.2, 0.25) is 0 Å². The number of fused-ring (bicyclic) bond motifs is 1. The minimum absolute atomic E-state index is 0.152. The molecule has 0 bridgehead atoms.